The minimum Gasteiger partial charge on any atom is -0.491 e. The summed E-state index contributed by atoms with van der Waals surface area (Å²) in [6.07, 6.45) is -5.65. The van der Waals surface area contributed by atoms with Gasteiger partial charge in [0.25, 0.3) is 0 Å². The van der Waals surface area contributed by atoms with E-state index in [1.807, 2.05) is 24.3 Å². The number of hydrogen-bond donors (Lipinski definition) is 4. The van der Waals surface area contributed by atoms with Crippen LogP contribution in [0.5, 0.6) is 5.75 Å². The van der Waals surface area contributed by atoms with Crippen molar-refractivity contribution in [3.63, 3.8) is 0 Å². The van der Waals surface area contributed by atoms with Gasteiger partial charge < -0.3 is 29.9 Å². The first-order valence-electron chi connectivity index (χ1n) is 10.7. The number of fused-ring (bicyclic) bond motifs is 1. The van der Waals surface area contributed by atoms with Gasteiger partial charge in [0.05, 0.1) is 13.7 Å². The molecule has 1 saturated heterocycles. The third kappa shape index (κ3) is 5.37. The number of rotatable bonds is 9. The van der Waals surface area contributed by atoms with Gasteiger partial charge in [-0.15, -0.1) is 11.3 Å². The van der Waals surface area contributed by atoms with Crippen molar-refractivity contribution in [2.24, 2.45) is 0 Å². The molecule has 0 spiro atoms. The second kappa shape index (κ2) is 10.9. The Morgan fingerprint density at radius 2 is 1.79 bits per heavy atom. The highest BCUT2D eigenvalue weighted by atomic mass is 32.1. The Morgan fingerprint density at radius 1 is 0.970 bits per heavy atom. The Labute approximate surface area is 195 Å². The molecule has 0 radical (unpaired) electrons. The van der Waals surface area contributed by atoms with Crippen molar-refractivity contribution < 1.29 is 39.7 Å². The smallest absolute Gasteiger partial charge is 0.125 e. The Bertz CT molecular complexity index is 1020. The van der Waals surface area contributed by atoms with Gasteiger partial charge in [0.15, 0.2) is 0 Å². The largest absolute Gasteiger partial charge is 0.491 e. The first-order valence-corrected chi connectivity index (χ1v) is 11.5. The van der Waals surface area contributed by atoms with Crippen molar-refractivity contribution in [1.29, 1.82) is 0 Å². The van der Waals surface area contributed by atoms with Gasteiger partial charge in [-0.1, -0.05) is 24.3 Å². The summed E-state index contributed by atoms with van der Waals surface area (Å²) in [7, 11) is 1.40. The van der Waals surface area contributed by atoms with Crippen LogP contribution in [0.3, 0.4) is 0 Å². The molecular weight excluding hydrogens is 448 g/mol. The maximum atomic E-state index is 10.7. The molecule has 1 fully saturated rings. The quantitative estimate of drug-likeness (QED) is 0.210. The van der Waals surface area contributed by atoms with Crippen molar-refractivity contribution in [2.45, 2.75) is 36.9 Å². The zero-order valence-electron chi connectivity index (χ0n) is 18.2. The predicted molar refractivity (Wildman–Crippen MR) is 122 cm³/mol. The molecule has 1 aliphatic rings. The van der Waals surface area contributed by atoms with Crippen molar-refractivity contribution in [3.8, 4) is 5.75 Å². The van der Waals surface area contributed by atoms with E-state index in [2.05, 4.69) is 23.1 Å². The maximum Gasteiger partial charge on any atom is 0.125 e. The average molecular weight is 477 g/mol. The third-order valence-electron chi connectivity index (χ3n) is 5.67. The molecule has 0 aliphatic carbocycles. The molecule has 4 rings (SSSR count). The van der Waals surface area contributed by atoms with E-state index in [1.165, 1.54) is 22.1 Å². The molecule has 178 valence electrons. The van der Waals surface area contributed by atoms with Crippen molar-refractivity contribution in [2.75, 3.05) is 26.9 Å². The fourth-order valence-corrected chi connectivity index (χ4v) is 5.11. The van der Waals surface area contributed by atoms with Gasteiger partial charge in [-0.05, 0) is 35.2 Å². The lowest BCUT2D eigenvalue weighted by molar-refractivity contribution is -0.275. The molecule has 9 heteroatoms. The van der Waals surface area contributed by atoms with E-state index in [-0.39, 0.29) is 13.2 Å². The van der Waals surface area contributed by atoms with Gasteiger partial charge in [-0.3, -0.25) is 0 Å². The van der Waals surface area contributed by atoms with Gasteiger partial charge in [-0.25, -0.2) is 9.78 Å². The monoisotopic (exact) mass is 476 g/mol. The Morgan fingerprint density at radius 3 is 2.55 bits per heavy atom. The summed E-state index contributed by atoms with van der Waals surface area (Å²) >= 11 is 1.71. The van der Waals surface area contributed by atoms with E-state index in [1.54, 1.807) is 17.4 Å². The fourth-order valence-electron chi connectivity index (χ4n) is 4.01. The summed E-state index contributed by atoms with van der Waals surface area (Å²) in [4.78, 5) is 10.6. The Balaban J connectivity index is 1.63. The number of benzene rings is 2. The molecule has 0 bridgehead atoms. The molecule has 4 N–H and O–H groups in total. The Kier molecular flexibility index (Phi) is 7.94. The van der Waals surface area contributed by atoms with Crippen LogP contribution in [-0.4, -0.2) is 71.8 Å². The molecule has 0 amide bonds. The number of thiophene rings is 1. The first-order chi connectivity index (χ1) is 16.0. The van der Waals surface area contributed by atoms with Crippen LogP contribution in [0.15, 0.2) is 48.5 Å². The van der Waals surface area contributed by atoms with Gasteiger partial charge in [0, 0.05) is 21.6 Å². The van der Waals surface area contributed by atoms with Gasteiger partial charge in [-0.2, -0.15) is 0 Å². The van der Waals surface area contributed by atoms with Gasteiger partial charge in [0.1, 0.15) is 49.5 Å². The Hall–Kier alpha value is -2.08. The number of aliphatic hydroxyl groups is 4. The van der Waals surface area contributed by atoms with Gasteiger partial charge >= 0.3 is 0 Å². The molecule has 2 aromatic carbocycles. The summed E-state index contributed by atoms with van der Waals surface area (Å²) in [6, 6.07) is 15.9. The number of hydrogen-bond acceptors (Lipinski definition) is 9. The molecule has 0 saturated carbocycles. The lowest BCUT2D eigenvalue weighted by Gasteiger charge is -2.40. The molecule has 3 aromatic rings. The number of ether oxygens (including phenoxy) is 2. The summed E-state index contributed by atoms with van der Waals surface area (Å²) in [6.45, 7) is -0.122. The minimum absolute atomic E-state index is 0.188. The van der Waals surface area contributed by atoms with Crippen LogP contribution >= 0.6 is 11.3 Å². The van der Waals surface area contributed by atoms with Crippen molar-refractivity contribution in [1.82, 2.24) is 0 Å². The van der Waals surface area contributed by atoms with Crippen LogP contribution in [0.2, 0.25) is 0 Å². The molecule has 0 unspecified atom stereocenters. The molecule has 2 heterocycles. The van der Waals surface area contributed by atoms with E-state index < -0.39 is 37.1 Å². The summed E-state index contributed by atoms with van der Waals surface area (Å²) in [5.41, 5.74) is 1.48. The second-order valence-corrected chi connectivity index (χ2v) is 9.05. The second-order valence-electron chi connectivity index (χ2n) is 7.89. The van der Waals surface area contributed by atoms with Gasteiger partial charge in [0.2, 0.25) is 0 Å². The van der Waals surface area contributed by atoms with Crippen LogP contribution in [0.1, 0.15) is 22.1 Å². The molecule has 8 nitrogen and oxygen atoms in total. The molecule has 1 aromatic heterocycles. The van der Waals surface area contributed by atoms with Crippen LogP contribution in [-0.2, 0) is 20.9 Å². The number of aliphatic hydroxyl groups excluding tert-OH is 4. The highest BCUT2D eigenvalue weighted by Crippen LogP contribution is 2.38. The predicted octanol–water partition coefficient (Wildman–Crippen LogP) is 1.96. The van der Waals surface area contributed by atoms with E-state index in [4.69, 9.17) is 14.4 Å². The summed E-state index contributed by atoms with van der Waals surface area (Å²) in [5.74, 6) is 0.444. The first kappa shape index (κ1) is 24.1. The van der Waals surface area contributed by atoms with E-state index >= 15 is 0 Å². The minimum atomic E-state index is -1.48. The lowest BCUT2D eigenvalue weighted by atomic mass is 9.90. The van der Waals surface area contributed by atoms with Crippen LogP contribution in [0, 0.1) is 0 Å². The van der Waals surface area contributed by atoms with Crippen molar-refractivity contribution >= 4 is 21.4 Å². The molecule has 33 heavy (non-hydrogen) atoms. The van der Waals surface area contributed by atoms with Crippen LogP contribution in [0.25, 0.3) is 10.1 Å². The lowest BCUT2D eigenvalue weighted by Crippen LogP contribution is -2.55. The topological polar surface area (TPSA) is 118 Å². The fraction of sp³-hybridized carbons (Fsp3) is 0.417. The van der Waals surface area contributed by atoms with Crippen LogP contribution in [0.4, 0.5) is 0 Å². The van der Waals surface area contributed by atoms with E-state index in [0.29, 0.717) is 17.7 Å². The van der Waals surface area contributed by atoms with Crippen molar-refractivity contribution in [3.05, 3.63) is 64.5 Å². The molecule has 5 atom stereocenters. The highest BCUT2D eigenvalue weighted by molar-refractivity contribution is 7.19. The van der Waals surface area contributed by atoms with E-state index in [9.17, 15) is 20.4 Å². The zero-order valence-corrected chi connectivity index (χ0v) is 19.0. The SMILES string of the molecule is COOCCOc1ccc(Cc2cc3ccccc3s2)cc1[C@@H]1O[C@H](CO)[C@@H](O)[C@H](O)[C@H]1O. The summed E-state index contributed by atoms with van der Waals surface area (Å²) in [5, 5.41) is 41.9. The molecule has 1 aliphatic heterocycles. The normalized spacial score (nSPS) is 25.4. The standard InChI is InChI=1S/C24H28O8S/c1-29-31-9-8-30-18-7-6-14(10-16-12-15-4-2-3-5-20(15)33-16)11-17(18)24-23(28)22(27)21(26)19(13-25)32-24/h2-7,11-12,19,21-28H,8-10,13H2,1H3/t19-,21-,22+,23-,24+/m1/s1. The van der Waals surface area contributed by atoms with Crippen LogP contribution < -0.4 is 4.74 Å². The summed E-state index contributed by atoms with van der Waals surface area (Å²) < 4.78 is 12.8. The maximum absolute atomic E-state index is 10.7. The average Bonchev–Trinajstić information content (AvgIpc) is 3.23. The van der Waals surface area contributed by atoms with E-state index in [0.717, 1.165) is 5.56 Å². The zero-order chi connectivity index (χ0) is 23.4. The third-order valence-corrected chi connectivity index (χ3v) is 6.79. The highest BCUT2D eigenvalue weighted by Gasteiger charge is 2.44. The molecular formula is C24H28O8S.